The predicted molar refractivity (Wildman–Crippen MR) is 79.4 cm³/mol. The number of aryl methyl sites for hydroxylation is 1. The molecule has 0 fully saturated rings. The highest BCUT2D eigenvalue weighted by Gasteiger charge is 2.09. The minimum Gasteiger partial charge on any atom is -0.489 e. The summed E-state index contributed by atoms with van der Waals surface area (Å²) in [5, 5.41) is 11.7. The van der Waals surface area contributed by atoms with Crippen molar-refractivity contribution in [2.75, 3.05) is 0 Å². The smallest absolute Gasteiger partial charge is 0.170 e. The summed E-state index contributed by atoms with van der Waals surface area (Å²) in [7, 11) is 0. The molecule has 4 nitrogen and oxygen atoms in total. The molecule has 2 rings (SSSR count). The topological polar surface area (TPSA) is 67.8 Å². The first-order valence-corrected chi connectivity index (χ1v) is 6.55. The van der Waals surface area contributed by atoms with Gasteiger partial charge in [0.05, 0.1) is 5.02 Å². The van der Waals surface area contributed by atoms with Gasteiger partial charge < -0.3 is 15.7 Å². The van der Waals surface area contributed by atoms with Crippen molar-refractivity contribution in [1.29, 1.82) is 0 Å². The summed E-state index contributed by atoms with van der Waals surface area (Å²) in [6.07, 6.45) is 0. The Hall–Kier alpha value is -2.27. The van der Waals surface area contributed by atoms with Crippen LogP contribution in [0.15, 0.2) is 41.6 Å². The van der Waals surface area contributed by atoms with Gasteiger partial charge in [-0.25, -0.2) is 4.39 Å². The third-order valence-electron chi connectivity index (χ3n) is 3.01. The third kappa shape index (κ3) is 3.44. The fourth-order valence-electron chi connectivity index (χ4n) is 1.79. The second-order valence-corrected chi connectivity index (χ2v) is 4.85. The van der Waals surface area contributed by atoms with E-state index in [1.807, 2.05) is 6.92 Å². The molecule has 0 spiro atoms. The minimum absolute atomic E-state index is 0.0105. The molecule has 0 saturated carbocycles. The molecule has 6 heteroatoms. The van der Waals surface area contributed by atoms with Crippen LogP contribution >= 0.6 is 11.6 Å². The summed E-state index contributed by atoms with van der Waals surface area (Å²) in [5.41, 5.74) is 7.49. The molecule has 0 radical (unpaired) electrons. The van der Waals surface area contributed by atoms with Crippen LogP contribution in [0.5, 0.6) is 5.75 Å². The Morgan fingerprint density at radius 1 is 1.38 bits per heavy atom. The largest absolute Gasteiger partial charge is 0.489 e. The van der Waals surface area contributed by atoms with Crippen molar-refractivity contribution in [2.24, 2.45) is 10.9 Å². The van der Waals surface area contributed by atoms with Gasteiger partial charge in [0.15, 0.2) is 5.84 Å². The van der Waals surface area contributed by atoms with Crippen LogP contribution in [0.3, 0.4) is 0 Å². The van der Waals surface area contributed by atoms with Gasteiger partial charge in [0, 0.05) is 11.1 Å². The van der Waals surface area contributed by atoms with Gasteiger partial charge in [-0.05, 0) is 24.6 Å². The van der Waals surface area contributed by atoms with Gasteiger partial charge in [0.25, 0.3) is 0 Å². The molecule has 0 heterocycles. The molecule has 0 aliphatic carbocycles. The normalized spacial score (nSPS) is 11.5. The van der Waals surface area contributed by atoms with Crippen LogP contribution in [0.2, 0.25) is 5.02 Å². The molecule has 3 N–H and O–H groups in total. The number of hydrogen-bond acceptors (Lipinski definition) is 3. The zero-order valence-electron chi connectivity index (χ0n) is 11.3. The van der Waals surface area contributed by atoms with E-state index in [0.717, 1.165) is 5.56 Å². The van der Waals surface area contributed by atoms with Gasteiger partial charge in [-0.3, -0.25) is 0 Å². The summed E-state index contributed by atoms with van der Waals surface area (Å²) < 4.78 is 19.0. The number of ether oxygens (including phenoxy) is 1. The van der Waals surface area contributed by atoms with Crippen molar-refractivity contribution in [3.8, 4) is 5.75 Å². The van der Waals surface area contributed by atoms with Crippen LogP contribution in [0.1, 0.15) is 16.7 Å². The quantitative estimate of drug-likeness (QED) is 0.393. The van der Waals surface area contributed by atoms with Crippen molar-refractivity contribution in [1.82, 2.24) is 0 Å². The zero-order valence-corrected chi connectivity index (χ0v) is 12.1. The van der Waals surface area contributed by atoms with E-state index in [-0.39, 0.29) is 17.5 Å². The molecule has 0 amide bonds. The van der Waals surface area contributed by atoms with Crippen LogP contribution in [0, 0.1) is 12.7 Å². The van der Waals surface area contributed by atoms with Gasteiger partial charge in [0.2, 0.25) is 0 Å². The SMILES string of the molecule is Cc1ccc(/C(N)=N/O)cc1OCc1cccc(F)c1Cl. The van der Waals surface area contributed by atoms with Gasteiger partial charge in [0.1, 0.15) is 18.2 Å². The maximum atomic E-state index is 13.4. The van der Waals surface area contributed by atoms with Gasteiger partial charge in [-0.1, -0.05) is 41.0 Å². The van der Waals surface area contributed by atoms with E-state index in [9.17, 15) is 4.39 Å². The number of hydrogen-bond donors (Lipinski definition) is 2. The summed E-state index contributed by atoms with van der Waals surface area (Å²) in [5.74, 6) is 0.0583. The molecule has 2 aromatic carbocycles. The maximum Gasteiger partial charge on any atom is 0.170 e. The van der Waals surface area contributed by atoms with Gasteiger partial charge in [-0.2, -0.15) is 0 Å². The fraction of sp³-hybridized carbons (Fsp3) is 0.133. The summed E-state index contributed by atoms with van der Waals surface area (Å²) in [4.78, 5) is 0. The number of amidine groups is 1. The van der Waals surface area contributed by atoms with E-state index in [1.54, 1.807) is 30.3 Å². The summed E-state index contributed by atoms with van der Waals surface area (Å²) in [6, 6.07) is 9.70. The van der Waals surface area contributed by atoms with Crippen LogP contribution < -0.4 is 10.5 Å². The van der Waals surface area contributed by atoms with E-state index in [2.05, 4.69) is 5.16 Å². The Morgan fingerprint density at radius 3 is 2.86 bits per heavy atom. The van der Waals surface area contributed by atoms with Crippen LogP contribution in [-0.2, 0) is 6.61 Å². The first-order chi connectivity index (χ1) is 10.0. The molecule has 0 atom stereocenters. The lowest BCUT2D eigenvalue weighted by atomic mass is 10.1. The highest BCUT2D eigenvalue weighted by Crippen LogP contribution is 2.24. The lowest BCUT2D eigenvalue weighted by Crippen LogP contribution is -2.13. The highest BCUT2D eigenvalue weighted by molar-refractivity contribution is 6.31. The van der Waals surface area contributed by atoms with Crippen LogP contribution in [0.4, 0.5) is 4.39 Å². The Labute approximate surface area is 126 Å². The first kappa shape index (κ1) is 15.1. The maximum absolute atomic E-state index is 13.4. The molecule has 110 valence electrons. The van der Waals surface area contributed by atoms with E-state index >= 15 is 0 Å². The third-order valence-corrected chi connectivity index (χ3v) is 3.43. The molecule has 21 heavy (non-hydrogen) atoms. The molecule has 0 aliphatic rings. The number of benzene rings is 2. The molecular formula is C15H14ClFN2O2. The molecule has 0 aliphatic heterocycles. The number of nitrogens with zero attached hydrogens (tertiary/aromatic N) is 1. The second kappa shape index (κ2) is 6.45. The highest BCUT2D eigenvalue weighted by atomic mass is 35.5. The van der Waals surface area contributed by atoms with Crippen LogP contribution in [0.25, 0.3) is 0 Å². The van der Waals surface area contributed by atoms with Crippen LogP contribution in [-0.4, -0.2) is 11.0 Å². The molecule has 0 saturated heterocycles. The molecule has 0 bridgehead atoms. The monoisotopic (exact) mass is 308 g/mol. The van der Waals surface area contributed by atoms with Crippen molar-refractivity contribution in [3.05, 3.63) is 63.9 Å². The van der Waals surface area contributed by atoms with E-state index in [4.69, 9.17) is 27.3 Å². The lowest BCUT2D eigenvalue weighted by Gasteiger charge is -2.12. The Balaban J connectivity index is 2.22. The Kier molecular flexibility index (Phi) is 4.65. The number of nitrogens with two attached hydrogens (primary N) is 1. The van der Waals surface area contributed by atoms with Crippen molar-refractivity contribution < 1.29 is 14.3 Å². The minimum atomic E-state index is -0.486. The first-order valence-electron chi connectivity index (χ1n) is 6.17. The average Bonchev–Trinajstić information content (AvgIpc) is 2.49. The van der Waals surface area contributed by atoms with Gasteiger partial charge >= 0.3 is 0 Å². The molecule has 0 aromatic heterocycles. The fourth-order valence-corrected chi connectivity index (χ4v) is 1.97. The van der Waals surface area contributed by atoms with Crippen molar-refractivity contribution >= 4 is 17.4 Å². The van der Waals surface area contributed by atoms with E-state index in [0.29, 0.717) is 16.9 Å². The van der Waals surface area contributed by atoms with E-state index < -0.39 is 5.82 Å². The summed E-state index contributed by atoms with van der Waals surface area (Å²) >= 11 is 5.88. The number of oxime groups is 1. The molecular weight excluding hydrogens is 295 g/mol. The number of halogens is 2. The Bertz CT molecular complexity index is 689. The average molecular weight is 309 g/mol. The van der Waals surface area contributed by atoms with Crippen molar-refractivity contribution in [2.45, 2.75) is 13.5 Å². The Morgan fingerprint density at radius 2 is 2.14 bits per heavy atom. The predicted octanol–water partition coefficient (Wildman–Crippen LogP) is 3.46. The summed E-state index contributed by atoms with van der Waals surface area (Å²) in [6.45, 7) is 1.98. The number of rotatable bonds is 4. The molecule has 0 unspecified atom stereocenters. The van der Waals surface area contributed by atoms with Gasteiger partial charge in [-0.15, -0.1) is 0 Å². The standard InChI is InChI=1S/C15H14ClFN2O2/c1-9-5-6-10(15(18)19-20)7-13(9)21-8-11-3-2-4-12(17)14(11)16/h2-7,20H,8H2,1H3,(H2,18,19). The van der Waals surface area contributed by atoms with E-state index in [1.165, 1.54) is 6.07 Å². The lowest BCUT2D eigenvalue weighted by molar-refractivity contribution is 0.303. The zero-order chi connectivity index (χ0) is 15.4. The second-order valence-electron chi connectivity index (χ2n) is 4.47. The van der Waals surface area contributed by atoms with Crippen molar-refractivity contribution in [3.63, 3.8) is 0 Å². The molecule has 2 aromatic rings.